The fourth-order valence-electron chi connectivity index (χ4n) is 2.82. The second kappa shape index (κ2) is 6.97. The van der Waals surface area contributed by atoms with Crippen molar-refractivity contribution in [3.63, 3.8) is 0 Å². The normalized spacial score (nSPS) is 11.7. The van der Waals surface area contributed by atoms with E-state index >= 15 is 0 Å². The van der Waals surface area contributed by atoms with Crippen LogP contribution in [0.3, 0.4) is 0 Å². The lowest BCUT2D eigenvalue weighted by atomic mass is 10.2. The third kappa shape index (κ3) is 3.13. The van der Waals surface area contributed by atoms with Crippen LogP contribution in [0.25, 0.3) is 10.9 Å². The van der Waals surface area contributed by atoms with Crippen molar-refractivity contribution < 1.29 is 8.42 Å². The SMILES string of the molecule is O=S(=O)(c1ccccc1)n1cc(CSc2ccccn2)c2ccccc21. The highest BCUT2D eigenvalue weighted by atomic mass is 32.2. The van der Waals surface area contributed by atoms with Gasteiger partial charge in [-0.25, -0.2) is 17.4 Å². The van der Waals surface area contributed by atoms with Crippen LogP contribution in [0.4, 0.5) is 0 Å². The Morgan fingerprint density at radius 1 is 0.885 bits per heavy atom. The molecule has 130 valence electrons. The number of aromatic nitrogens is 2. The van der Waals surface area contributed by atoms with Crippen LogP contribution in [-0.2, 0) is 15.8 Å². The molecule has 2 aromatic carbocycles. The van der Waals surface area contributed by atoms with Crippen LogP contribution >= 0.6 is 11.8 Å². The van der Waals surface area contributed by atoms with E-state index in [1.54, 1.807) is 48.4 Å². The molecule has 0 saturated carbocycles. The fraction of sp³-hybridized carbons (Fsp3) is 0.0500. The van der Waals surface area contributed by atoms with Gasteiger partial charge in [-0.05, 0) is 35.9 Å². The Balaban J connectivity index is 1.77. The Kier molecular flexibility index (Phi) is 4.53. The highest BCUT2D eigenvalue weighted by Crippen LogP contribution is 2.30. The minimum absolute atomic E-state index is 0.282. The molecule has 0 fully saturated rings. The van der Waals surface area contributed by atoms with E-state index in [-0.39, 0.29) is 4.90 Å². The molecule has 4 rings (SSSR count). The van der Waals surface area contributed by atoms with Gasteiger partial charge in [0.25, 0.3) is 10.0 Å². The molecule has 0 amide bonds. The highest BCUT2D eigenvalue weighted by molar-refractivity contribution is 7.98. The molecular formula is C20H16N2O2S2. The van der Waals surface area contributed by atoms with Crippen LogP contribution in [0.2, 0.25) is 0 Å². The van der Waals surface area contributed by atoms with Gasteiger partial charge in [-0.2, -0.15) is 0 Å². The molecule has 2 heterocycles. The van der Waals surface area contributed by atoms with Gasteiger partial charge >= 0.3 is 0 Å². The zero-order valence-electron chi connectivity index (χ0n) is 13.8. The Labute approximate surface area is 156 Å². The summed E-state index contributed by atoms with van der Waals surface area (Å²) in [6, 6.07) is 21.9. The number of fused-ring (bicyclic) bond motifs is 1. The lowest BCUT2D eigenvalue weighted by Crippen LogP contribution is -2.11. The molecule has 0 aliphatic heterocycles. The standard InChI is InChI=1S/C20H16N2O2S2/c23-26(24,17-8-2-1-3-9-17)22-14-16(18-10-4-5-11-19(18)22)15-25-20-12-6-7-13-21-20/h1-14H,15H2. The summed E-state index contributed by atoms with van der Waals surface area (Å²) in [5.74, 6) is 0.648. The zero-order chi connectivity index (χ0) is 18.0. The Morgan fingerprint density at radius 3 is 2.38 bits per heavy atom. The highest BCUT2D eigenvalue weighted by Gasteiger charge is 2.20. The van der Waals surface area contributed by atoms with E-state index in [4.69, 9.17) is 0 Å². The lowest BCUT2D eigenvalue weighted by Gasteiger charge is -2.07. The Bertz CT molecular complexity index is 1140. The van der Waals surface area contributed by atoms with Crippen molar-refractivity contribution in [2.45, 2.75) is 15.7 Å². The maximum atomic E-state index is 13.1. The van der Waals surface area contributed by atoms with Gasteiger partial charge < -0.3 is 0 Å². The number of para-hydroxylation sites is 1. The largest absolute Gasteiger partial charge is 0.268 e. The number of pyridine rings is 1. The summed E-state index contributed by atoms with van der Waals surface area (Å²) in [6.07, 6.45) is 3.48. The Morgan fingerprint density at radius 2 is 1.62 bits per heavy atom. The zero-order valence-corrected chi connectivity index (χ0v) is 15.5. The molecule has 6 heteroatoms. The first-order chi connectivity index (χ1) is 12.7. The first-order valence-corrected chi connectivity index (χ1v) is 10.5. The molecule has 0 unspecified atom stereocenters. The van der Waals surface area contributed by atoms with Crippen molar-refractivity contribution >= 4 is 32.7 Å². The van der Waals surface area contributed by atoms with Crippen LogP contribution in [0.5, 0.6) is 0 Å². The van der Waals surface area contributed by atoms with Gasteiger partial charge in [0.05, 0.1) is 15.4 Å². The molecule has 4 nitrogen and oxygen atoms in total. The van der Waals surface area contributed by atoms with Crippen molar-refractivity contribution in [1.29, 1.82) is 0 Å². The number of hydrogen-bond donors (Lipinski definition) is 0. The quantitative estimate of drug-likeness (QED) is 0.476. The van der Waals surface area contributed by atoms with E-state index in [1.165, 1.54) is 3.97 Å². The number of benzene rings is 2. The molecule has 4 aromatic rings. The van der Waals surface area contributed by atoms with Gasteiger partial charge in [-0.1, -0.05) is 42.5 Å². The van der Waals surface area contributed by atoms with Gasteiger partial charge in [-0.3, -0.25) is 0 Å². The van der Waals surface area contributed by atoms with Crippen LogP contribution in [-0.4, -0.2) is 17.4 Å². The fourth-order valence-corrected chi connectivity index (χ4v) is 5.08. The molecule has 0 saturated heterocycles. The van der Waals surface area contributed by atoms with Gasteiger partial charge in [0.15, 0.2) is 0 Å². The minimum Gasteiger partial charge on any atom is -0.250 e. The third-order valence-corrected chi connectivity index (χ3v) is 6.75. The number of rotatable bonds is 5. The molecule has 0 N–H and O–H groups in total. The van der Waals surface area contributed by atoms with E-state index in [1.807, 2.05) is 48.5 Å². The summed E-state index contributed by atoms with van der Waals surface area (Å²) in [5, 5.41) is 1.85. The summed E-state index contributed by atoms with van der Waals surface area (Å²) in [5.41, 5.74) is 1.66. The maximum absolute atomic E-state index is 13.1. The smallest absolute Gasteiger partial charge is 0.250 e. The van der Waals surface area contributed by atoms with Crippen LogP contribution in [0, 0.1) is 0 Å². The molecule has 0 atom stereocenters. The second-order valence-electron chi connectivity index (χ2n) is 5.74. The van der Waals surface area contributed by atoms with Crippen molar-refractivity contribution in [1.82, 2.24) is 8.96 Å². The molecule has 0 aliphatic carbocycles. The number of thioether (sulfide) groups is 1. The van der Waals surface area contributed by atoms with Gasteiger partial charge in [0.2, 0.25) is 0 Å². The van der Waals surface area contributed by atoms with E-state index in [0.29, 0.717) is 11.3 Å². The molecule has 26 heavy (non-hydrogen) atoms. The van der Waals surface area contributed by atoms with Gasteiger partial charge in [-0.15, -0.1) is 11.8 Å². The van der Waals surface area contributed by atoms with E-state index in [2.05, 4.69) is 4.98 Å². The van der Waals surface area contributed by atoms with E-state index < -0.39 is 10.0 Å². The third-order valence-electron chi connectivity index (χ3n) is 4.07. The lowest BCUT2D eigenvalue weighted by molar-refractivity contribution is 0.589. The maximum Gasteiger partial charge on any atom is 0.268 e. The second-order valence-corrected chi connectivity index (χ2v) is 8.55. The molecule has 0 aliphatic rings. The van der Waals surface area contributed by atoms with Crippen molar-refractivity contribution in [3.8, 4) is 0 Å². The molecular weight excluding hydrogens is 364 g/mol. The minimum atomic E-state index is -3.64. The summed E-state index contributed by atoms with van der Waals surface area (Å²) >= 11 is 1.59. The number of hydrogen-bond acceptors (Lipinski definition) is 4. The van der Waals surface area contributed by atoms with Gasteiger partial charge in [0, 0.05) is 23.5 Å². The van der Waals surface area contributed by atoms with E-state index in [9.17, 15) is 8.42 Å². The van der Waals surface area contributed by atoms with Crippen molar-refractivity contribution in [2.24, 2.45) is 0 Å². The van der Waals surface area contributed by atoms with Gasteiger partial charge in [0.1, 0.15) is 0 Å². The summed E-state index contributed by atoms with van der Waals surface area (Å²) in [7, 11) is -3.64. The molecule has 0 spiro atoms. The van der Waals surface area contributed by atoms with Crippen LogP contribution in [0.1, 0.15) is 5.56 Å². The summed E-state index contributed by atoms with van der Waals surface area (Å²) in [6.45, 7) is 0. The molecule has 0 bridgehead atoms. The van der Waals surface area contributed by atoms with Crippen LogP contribution < -0.4 is 0 Å². The summed E-state index contributed by atoms with van der Waals surface area (Å²) in [4.78, 5) is 4.60. The van der Waals surface area contributed by atoms with Crippen molar-refractivity contribution in [3.05, 3.63) is 90.8 Å². The first-order valence-electron chi connectivity index (χ1n) is 8.10. The Hall–Kier alpha value is -2.57. The topological polar surface area (TPSA) is 52.0 Å². The van der Waals surface area contributed by atoms with Crippen molar-refractivity contribution in [2.75, 3.05) is 0 Å². The molecule has 2 aromatic heterocycles. The van der Waals surface area contributed by atoms with E-state index in [0.717, 1.165) is 16.0 Å². The average molecular weight is 380 g/mol. The predicted molar refractivity (Wildman–Crippen MR) is 105 cm³/mol. The number of nitrogens with zero attached hydrogens (tertiary/aromatic N) is 2. The summed E-state index contributed by atoms with van der Waals surface area (Å²) < 4.78 is 27.5. The predicted octanol–water partition coefficient (Wildman–Crippen LogP) is 4.57. The monoisotopic (exact) mass is 380 g/mol. The average Bonchev–Trinajstić information content (AvgIpc) is 3.07. The molecule has 0 radical (unpaired) electrons. The first kappa shape index (κ1) is 16.9. The van der Waals surface area contributed by atoms with Crippen LogP contribution in [0.15, 0.2) is 95.1 Å².